The van der Waals surface area contributed by atoms with Gasteiger partial charge in [0.2, 0.25) is 5.91 Å². The third kappa shape index (κ3) is 3.02. The zero-order chi connectivity index (χ0) is 19.8. The van der Waals surface area contributed by atoms with Crippen LogP contribution in [0.4, 0.5) is 17.1 Å². The first kappa shape index (κ1) is 17.5. The Bertz CT molecular complexity index is 974. The molecule has 28 heavy (non-hydrogen) atoms. The second kappa shape index (κ2) is 6.68. The molecule has 1 aromatic carbocycles. The lowest BCUT2D eigenvalue weighted by Crippen LogP contribution is -2.33. The lowest BCUT2D eigenvalue weighted by Gasteiger charge is -2.17. The SMILES string of the molecule is N=C1C(=Nc2cc(NC(=O)Cn3ccnc3)c(O)cc2N)C(=O)N2CCCN12. The minimum atomic E-state index is -0.381. The topological polar surface area (TPSA) is 153 Å². The van der Waals surface area contributed by atoms with E-state index in [0.29, 0.717) is 13.1 Å². The molecule has 4 rings (SSSR count). The van der Waals surface area contributed by atoms with Gasteiger partial charge >= 0.3 is 0 Å². The number of amides is 2. The van der Waals surface area contributed by atoms with Gasteiger partial charge in [0.05, 0.1) is 23.4 Å². The Labute approximate surface area is 159 Å². The number of nitrogens with one attached hydrogen (secondary N) is 2. The number of aromatic nitrogens is 2. The van der Waals surface area contributed by atoms with Crippen molar-refractivity contribution in [1.29, 1.82) is 5.41 Å². The van der Waals surface area contributed by atoms with Gasteiger partial charge in [0.1, 0.15) is 12.3 Å². The molecule has 2 aromatic rings. The number of carbonyl (C=O) groups excluding carboxylic acids is 2. The van der Waals surface area contributed by atoms with Crippen molar-refractivity contribution in [3.05, 3.63) is 30.9 Å². The van der Waals surface area contributed by atoms with E-state index in [0.717, 1.165) is 6.42 Å². The van der Waals surface area contributed by atoms with Gasteiger partial charge in [0.25, 0.3) is 5.91 Å². The molecule has 11 heteroatoms. The van der Waals surface area contributed by atoms with Gasteiger partial charge in [-0.05, 0) is 12.5 Å². The number of fused-ring (bicyclic) bond motifs is 1. The quantitative estimate of drug-likeness (QED) is 0.441. The van der Waals surface area contributed by atoms with E-state index in [1.807, 2.05) is 0 Å². The van der Waals surface area contributed by atoms with Crippen molar-refractivity contribution in [3.8, 4) is 5.75 Å². The van der Waals surface area contributed by atoms with Crippen molar-refractivity contribution in [2.45, 2.75) is 13.0 Å². The number of hydrazine groups is 1. The first-order valence-electron chi connectivity index (χ1n) is 8.59. The highest BCUT2D eigenvalue weighted by molar-refractivity contribution is 6.68. The van der Waals surface area contributed by atoms with Crippen LogP contribution in [-0.4, -0.2) is 61.1 Å². The van der Waals surface area contributed by atoms with Crippen LogP contribution in [-0.2, 0) is 16.1 Å². The molecule has 0 spiro atoms. The molecule has 0 aliphatic carbocycles. The highest BCUT2D eigenvalue weighted by Gasteiger charge is 2.42. The highest BCUT2D eigenvalue weighted by atomic mass is 16.3. The van der Waals surface area contributed by atoms with Crippen molar-refractivity contribution in [1.82, 2.24) is 19.6 Å². The van der Waals surface area contributed by atoms with Crippen LogP contribution in [0, 0.1) is 5.41 Å². The number of rotatable bonds is 4. The summed E-state index contributed by atoms with van der Waals surface area (Å²) in [4.78, 5) is 32.7. The fraction of sp³-hybridized carbons (Fsp3) is 0.235. The molecule has 0 atom stereocenters. The molecule has 2 aliphatic heterocycles. The van der Waals surface area contributed by atoms with E-state index in [4.69, 9.17) is 11.1 Å². The predicted molar refractivity (Wildman–Crippen MR) is 101 cm³/mol. The minimum Gasteiger partial charge on any atom is -0.506 e. The largest absolute Gasteiger partial charge is 0.506 e. The number of amidine groups is 1. The number of aliphatic imine (C=N–C) groups is 1. The average molecular weight is 382 g/mol. The molecule has 0 bridgehead atoms. The maximum absolute atomic E-state index is 12.5. The number of hydrogen-bond donors (Lipinski definition) is 4. The van der Waals surface area contributed by atoms with E-state index in [1.165, 1.54) is 23.5 Å². The monoisotopic (exact) mass is 382 g/mol. The Morgan fingerprint density at radius 1 is 1.36 bits per heavy atom. The fourth-order valence-corrected chi connectivity index (χ4v) is 3.15. The number of nitrogens with zero attached hydrogens (tertiary/aromatic N) is 5. The van der Waals surface area contributed by atoms with Crippen molar-refractivity contribution in [2.24, 2.45) is 4.99 Å². The number of phenolic OH excluding ortho intramolecular Hbond substituents is 1. The van der Waals surface area contributed by atoms with Crippen LogP contribution < -0.4 is 11.1 Å². The number of aromatic hydroxyl groups is 1. The van der Waals surface area contributed by atoms with Gasteiger partial charge in [0, 0.05) is 31.5 Å². The summed E-state index contributed by atoms with van der Waals surface area (Å²) in [5.41, 5.74) is 6.31. The van der Waals surface area contributed by atoms with Gasteiger partial charge in [-0.1, -0.05) is 0 Å². The molecular weight excluding hydrogens is 364 g/mol. The fourth-order valence-electron chi connectivity index (χ4n) is 3.15. The number of nitrogen functional groups attached to an aromatic ring is 1. The highest BCUT2D eigenvalue weighted by Crippen LogP contribution is 2.35. The van der Waals surface area contributed by atoms with Crippen molar-refractivity contribution >= 4 is 40.4 Å². The molecule has 3 heterocycles. The van der Waals surface area contributed by atoms with Crippen LogP contribution in [0.25, 0.3) is 0 Å². The third-order valence-corrected chi connectivity index (χ3v) is 4.49. The number of anilines is 2. The van der Waals surface area contributed by atoms with Gasteiger partial charge in [-0.2, -0.15) is 0 Å². The van der Waals surface area contributed by atoms with Crippen LogP contribution in [0.1, 0.15) is 6.42 Å². The molecule has 1 aromatic heterocycles. The van der Waals surface area contributed by atoms with Crippen LogP contribution in [0.5, 0.6) is 5.75 Å². The lowest BCUT2D eigenvalue weighted by molar-refractivity contribution is -0.129. The molecule has 2 aliphatic rings. The number of carbonyl (C=O) groups is 2. The first-order valence-corrected chi connectivity index (χ1v) is 8.59. The lowest BCUT2D eigenvalue weighted by atomic mass is 10.2. The Balaban J connectivity index is 1.60. The summed E-state index contributed by atoms with van der Waals surface area (Å²) in [6.07, 6.45) is 5.49. The summed E-state index contributed by atoms with van der Waals surface area (Å²) in [6.45, 7) is 1.14. The second-order valence-electron chi connectivity index (χ2n) is 6.43. The molecular formula is C17H18N8O3. The molecule has 0 radical (unpaired) electrons. The van der Waals surface area contributed by atoms with Gasteiger partial charge in [-0.15, -0.1) is 0 Å². The van der Waals surface area contributed by atoms with Gasteiger partial charge in [0.15, 0.2) is 11.5 Å². The first-order chi connectivity index (χ1) is 13.4. The Morgan fingerprint density at radius 3 is 2.86 bits per heavy atom. The molecule has 0 saturated carbocycles. The predicted octanol–water partition coefficient (Wildman–Crippen LogP) is 0.322. The van der Waals surface area contributed by atoms with E-state index in [2.05, 4.69) is 15.3 Å². The molecule has 144 valence electrons. The number of nitrogens with two attached hydrogens (primary N) is 1. The van der Waals surface area contributed by atoms with Crippen molar-refractivity contribution in [3.63, 3.8) is 0 Å². The number of benzene rings is 1. The standard InChI is InChI=1S/C17H18N8O3/c18-10-6-13(26)12(21-14(27)8-23-5-2-20-9-23)7-11(10)22-15-16(19)24-3-1-4-25(24)17(15)28/h2,5-7,9,19,26H,1,3-4,8,18H2,(H,21,27). The van der Waals surface area contributed by atoms with Gasteiger partial charge in [-0.25, -0.2) is 15.0 Å². The number of hydrogen-bond acceptors (Lipinski definition) is 7. The Hall–Kier alpha value is -3.89. The van der Waals surface area contributed by atoms with Crippen LogP contribution in [0.15, 0.2) is 35.8 Å². The van der Waals surface area contributed by atoms with Gasteiger partial charge in [-0.3, -0.25) is 20.0 Å². The molecule has 11 nitrogen and oxygen atoms in total. The van der Waals surface area contributed by atoms with Crippen LogP contribution in [0.2, 0.25) is 0 Å². The maximum atomic E-state index is 12.5. The maximum Gasteiger partial charge on any atom is 0.294 e. The normalized spacial score (nSPS) is 17.5. The summed E-state index contributed by atoms with van der Waals surface area (Å²) in [7, 11) is 0. The summed E-state index contributed by atoms with van der Waals surface area (Å²) in [5, 5.41) is 23.9. The minimum absolute atomic E-state index is 0.0145. The van der Waals surface area contributed by atoms with E-state index in [1.54, 1.807) is 22.0 Å². The molecule has 2 amide bonds. The molecule has 2 saturated heterocycles. The Kier molecular flexibility index (Phi) is 4.18. The third-order valence-electron chi connectivity index (χ3n) is 4.49. The van der Waals surface area contributed by atoms with Crippen molar-refractivity contribution < 1.29 is 14.7 Å². The summed E-state index contributed by atoms with van der Waals surface area (Å²) < 4.78 is 1.57. The van der Waals surface area contributed by atoms with E-state index in [9.17, 15) is 14.7 Å². The molecule has 0 unspecified atom stereocenters. The average Bonchev–Trinajstić information content (AvgIpc) is 3.36. The van der Waals surface area contributed by atoms with E-state index < -0.39 is 0 Å². The number of phenols is 1. The zero-order valence-electron chi connectivity index (χ0n) is 14.8. The summed E-state index contributed by atoms with van der Waals surface area (Å²) in [6, 6.07) is 2.62. The van der Waals surface area contributed by atoms with Gasteiger partial charge < -0.3 is 20.7 Å². The van der Waals surface area contributed by atoms with Crippen molar-refractivity contribution in [2.75, 3.05) is 24.1 Å². The zero-order valence-corrected chi connectivity index (χ0v) is 14.8. The summed E-state index contributed by atoms with van der Waals surface area (Å²) in [5.74, 6) is -0.952. The molecule has 5 N–H and O–H groups in total. The van der Waals surface area contributed by atoms with E-state index in [-0.39, 0.29) is 52.7 Å². The second-order valence-corrected chi connectivity index (χ2v) is 6.43. The van der Waals surface area contributed by atoms with E-state index >= 15 is 0 Å². The molecule has 2 fully saturated rings. The summed E-state index contributed by atoms with van der Waals surface area (Å²) >= 11 is 0. The smallest absolute Gasteiger partial charge is 0.294 e. The van der Waals surface area contributed by atoms with Crippen LogP contribution in [0.3, 0.4) is 0 Å². The van der Waals surface area contributed by atoms with Crippen LogP contribution >= 0.6 is 0 Å². The number of imidazole rings is 1. The Morgan fingerprint density at radius 2 is 2.14 bits per heavy atom.